The molecule has 0 atom stereocenters. The molecule has 0 aliphatic rings. The summed E-state index contributed by atoms with van der Waals surface area (Å²) in [7, 11) is 2.50. The third kappa shape index (κ3) is 74.7. The molecule has 0 fully saturated rings. The molecule has 10 radical (unpaired) electrons. The molecule has 3 heterocycles. The first-order valence-corrected chi connectivity index (χ1v) is 32.9. The molecular weight excluding hydrogens is 2320 g/mol. The van der Waals surface area contributed by atoms with Crippen LogP contribution in [0.25, 0.3) is 44.0 Å². The van der Waals surface area contributed by atoms with Crippen LogP contribution in [-0.4, -0.2) is 70.8 Å². The number of aromatic amines is 1. The number of benzene rings is 8. The van der Waals surface area contributed by atoms with E-state index in [9.17, 15) is 19.2 Å². The third-order valence-electron chi connectivity index (χ3n) is 12.5. The van der Waals surface area contributed by atoms with Gasteiger partial charge in [-0.2, -0.15) is 6.92 Å². The number of fused-ring (bicyclic) bond motifs is 3. The number of aromatic carboxylic acids is 1. The zero-order valence-corrected chi connectivity index (χ0v) is 103. The van der Waals surface area contributed by atoms with Crippen LogP contribution in [0.5, 0.6) is 0 Å². The van der Waals surface area contributed by atoms with E-state index in [1.807, 2.05) is 207 Å². The van der Waals surface area contributed by atoms with Crippen LogP contribution < -0.4 is 40.0 Å². The number of H-pyrrole nitrogens is 1. The minimum atomic E-state index is -0.980. The van der Waals surface area contributed by atoms with Gasteiger partial charge in [0.25, 0.3) is 5.91 Å². The van der Waals surface area contributed by atoms with E-state index in [-0.39, 0.29) is 383 Å². The number of ketones is 1. The second kappa shape index (κ2) is 118. The van der Waals surface area contributed by atoms with Crippen LogP contribution in [0.3, 0.4) is 0 Å². The van der Waals surface area contributed by atoms with Crippen LogP contribution in [0.15, 0.2) is 175 Å². The molecule has 0 unspecified atom stereocenters. The monoisotopic (exact) mass is 2450 g/mol. The van der Waals surface area contributed by atoms with Gasteiger partial charge in [0, 0.05) is 343 Å². The van der Waals surface area contributed by atoms with E-state index in [0.717, 1.165) is 72.1 Å². The third-order valence-corrected chi connectivity index (χ3v) is 12.5. The molecule has 15 N–H and O–H groups in total. The fraction of sp³-hybridized carbons (Fsp3) is 0.261. The molecule has 120 heavy (non-hydrogen) atoms. The number of nitrogen functional groups attached to an aromatic ring is 3. The van der Waals surface area contributed by atoms with Crippen molar-refractivity contribution < 1.29 is 326 Å². The van der Waals surface area contributed by atoms with E-state index < -0.39 is 11.9 Å². The van der Waals surface area contributed by atoms with Gasteiger partial charge in [-0.25, -0.2) is 4.79 Å². The number of primary amides is 2. The largest absolute Gasteiger partial charge is 0.570 e. The summed E-state index contributed by atoms with van der Waals surface area (Å²) in [6, 6.07) is 53.8. The van der Waals surface area contributed by atoms with Crippen molar-refractivity contribution >= 4 is 122 Å². The first-order valence-electron chi connectivity index (χ1n) is 34.5. The van der Waals surface area contributed by atoms with Crippen LogP contribution in [0.1, 0.15) is 184 Å². The van der Waals surface area contributed by atoms with Crippen molar-refractivity contribution in [1.82, 2.24) is 29.9 Å². The second-order valence-corrected chi connectivity index (χ2v) is 19.3. The van der Waals surface area contributed by atoms with E-state index in [1.165, 1.54) is 38.9 Å². The number of nitrogens with one attached hydrogen (secondary N) is 2. The molecule has 3 aromatic heterocycles. The molecule has 32 heteroatoms. The molecule has 20 nitrogen and oxygen atoms in total. The molecular formula is C88H129IN14O6SV2Y8-10. The Morgan fingerprint density at radius 2 is 0.775 bits per heavy atom. The van der Waals surface area contributed by atoms with Crippen LogP contribution in [0.2, 0.25) is 0 Å². The number of nitrogens with zero attached hydrogens (tertiary/aromatic N) is 6. The number of hydrogen-bond donors (Lipinski definition) is 9. The topological polar surface area (TPSA) is 390 Å². The number of halogens is 1. The number of carboxylic acids is 1. The Morgan fingerprint density at radius 3 is 1.07 bits per heavy atom. The summed E-state index contributed by atoms with van der Waals surface area (Å²) in [6.07, 6.45) is 10.1. The Hall–Kier alpha value is -1.16. The van der Waals surface area contributed by atoms with Gasteiger partial charge in [0.05, 0.1) is 11.1 Å². The predicted molar refractivity (Wildman–Crippen MR) is 489 cm³/mol. The fourth-order valence-electron chi connectivity index (χ4n) is 7.79. The molecule has 0 aliphatic carbocycles. The SMILES string of the molecule is C.CC.CC.CC.CC.CC.CC(=O)c1cccc(C)c1N.C[C-]=N.Cc1cccc(C(=O)O)c1N.Cc1cccc(C(N)=O)c1N.Cc1cccc2c(-c3ccccc3)n[c-]nc12.Cc1cccc2c(=O)[nH][c-]nc12.Cc1ccccc1.Cc1n[c-]nc2c(C)cccc12.I.NC=O.N[C-]=S.[3H]C.[3H]C.[C-]#N.[CH3-].[CH3-].[CH3-].[CH3-].[V].[V].[Y].[Y].[Y].[Y].[Y].[Y].[Y].[Y]. The van der Waals surface area contributed by atoms with E-state index in [0.29, 0.717) is 33.6 Å². The maximum Gasteiger partial charge on any atom is 0.337 e. The van der Waals surface area contributed by atoms with Crippen molar-refractivity contribution in [3.8, 4) is 11.3 Å². The van der Waals surface area contributed by atoms with Gasteiger partial charge in [0.1, 0.15) is 5.56 Å². The van der Waals surface area contributed by atoms with Crippen LogP contribution in [0, 0.1) is 121 Å². The molecule has 8 aromatic carbocycles. The van der Waals surface area contributed by atoms with E-state index in [2.05, 4.69) is 123 Å². The summed E-state index contributed by atoms with van der Waals surface area (Å²) < 4.78 is 11.5. The Kier molecular flexibility index (Phi) is 169. The number of nitrogens with two attached hydrogens (primary N) is 6. The molecule has 0 saturated heterocycles. The number of carbonyl (C=O) groups excluding carboxylic acids is 3. The summed E-state index contributed by atoms with van der Waals surface area (Å²) in [5.74, 6) is -1.44. The van der Waals surface area contributed by atoms with Gasteiger partial charge in [-0.3, -0.25) is 14.4 Å². The molecule has 0 spiro atoms. The Labute approximate surface area is 975 Å². The average Bonchev–Trinajstić information content (AvgIpc) is 0.820. The molecule has 0 saturated carbocycles. The number of hydrogen-bond acceptors (Lipinski definition) is 16. The second-order valence-electron chi connectivity index (χ2n) is 19.0. The number of rotatable bonds is 4. The minimum absolute atomic E-state index is 0. The standard InChI is InChI=1S/C15H11N2.C10H9N2.C9H7N2O.C9H11NO.C8H10N2O.C8H9NO2.C7H8.C2H4N.5C2H6.CH3NO.CH2NS.CN.3CH4.4CH3.HI.2V.8Y/c1-11-6-5-9-13-14(11)16-10-17-15(13)12-7-3-2-4-8-12;1-7-4-3-5-9-8(2)11-6-12-10(7)9;1-6-3-2-4-7-8(6)10-5-11-9(7)12;1-6-4-3-5-8(7(2)11)9(6)10;2*1-5-3-2-4-6(7(5)9)8(10)11;1-7-5-3-2-4-6-7;1-2-3;5*1-2;2*2-1-3;1-2;;;;;;;;;;;;;;;;;;/h2-9H,1H3;3-5H,1-2H3;2-4H,1H3,(H,10,11,12);3-5H,10H2,1-2H3;2-4H,9H2,1H3,(H2,10,11);2-4H,9H2,1H3,(H,10,11);2-6H,1H3;3H,1H3;5*1-2H3;1H,(H2,2,3);(H2,2,3);;3*1H4;4*1H3;1H;;;;;;;;;;/q3*-1;;;;;-1;;;;;;;2*-1;;;;4*-1;;;;;;;;;;;/i;;;;;;;;;;;;;;;;2*1T;;;;;;;;;;;;;;;;. The van der Waals surface area contributed by atoms with Crippen LogP contribution in [0.4, 0.5) is 17.1 Å². The van der Waals surface area contributed by atoms with Crippen molar-refractivity contribution in [2.45, 2.75) is 161 Å². The molecule has 0 bridgehead atoms. The molecule has 2 amide bonds. The van der Waals surface area contributed by atoms with Crippen molar-refractivity contribution in [2.24, 2.45) is 17.2 Å². The molecule has 644 valence electrons. The number of anilines is 3. The van der Waals surface area contributed by atoms with E-state index in [4.69, 9.17) is 52.8 Å². The quantitative estimate of drug-likeness (QED) is 0.0115. The molecule has 11 aromatic rings. The first-order chi connectivity index (χ1) is 50.9. The van der Waals surface area contributed by atoms with Crippen molar-refractivity contribution in [1.29, 1.82) is 10.7 Å². The van der Waals surface area contributed by atoms with Crippen molar-refractivity contribution in [3.05, 3.63) is 297 Å². The summed E-state index contributed by atoms with van der Waals surface area (Å²) >= 11 is 3.92. The molecule has 11 rings (SSSR count). The fourth-order valence-corrected chi connectivity index (χ4v) is 7.79. The number of para-hydroxylation sites is 6. The Bertz CT molecular complexity index is 4110. The summed E-state index contributed by atoms with van der Waals surface area (Å²) in [5.41, 5.74) is 47.7. The number of thiocarbonyl (C=S) groups is 1. The van der Waals surface area contributed by atoms with Gasteiger partial charge in [0.2, 0.25) is 6.41 Å². The number of aromatic nitrogens is 6. The van der Waals surface area contributed by atoms with Gasteiger partial charge in [0.15, 0.2) is 5.78 Å². The van der Waals surface area contributed by atoms with E-state index >= 15 is 0 Å². The van der Waals surface area contributed by atoms with Crippen molar-refractivity contribution in [3.63, 3.8) is 0 Å². The zero-order valence-electron chi connectivity index (χ0n) is 76.7. The van der Waals surface area contributed by atoms with Gasteiger partial charge in [-0.1, -0.05) is 294 Å². The van der Waals surface area contributed by atoms with Crippen LogP contribution in [-0.2, 0) is 304 Å². The Balaban J connectivity index is -0.0000000421. The Morgan fingerprint density at radius 1 is 0.500 bits per heavy atom. The zero-order chi connectivity index (χ0) is 83.3. The number of amides is 2. The van der Waals surface area contributed by atoms with Gasteiger partial charge in [-0.15, -0.1) is 24.0 Å². The number of aryl methyl sites for hydroxylation is 8. The normalized spacial score (nSPS) is 7.43. The summed E-state index contributed by atoms with van der Waals surface area (Å²) in [5, 5.41) is 23.6. The number of carboxylic acid groups (broad SMARTS) is 1. The smallest absolute Gasteiger partial charge is 0.337 e. The van der Waals surface area contributed by atoms with Crippen molar-refractivity contribution in [2.75, 3.05) is 17.2 Å². The summed E-state index contributed by atoms with van der Waals surface area (Å²) in [4.78, 5) is 74.9. The maximum atomic E-state index is 11.2. The summed E-state index contributed by atoms with van der Waals surface area (Å²) in [6.45, 7) is 43.4. The van der Waals surface area contributed by atoms with Gasteiger partial charge < -0.3 is 145 Å². The number of carbonyl (C=O) groups is 4. The average molecular weight is 2460 g/mol. The van der Waals surface area contributed by atoms with E-state index in [1.54, 1.807) is 50.2 Å². The van der Waals surface area contributed by atoms with Gasteiger partial charge in [-0.05, 0) is 118 Å². The predicted octanol–water partition coefficient (Wildman–Crippen LogP) is 21.2. The first kappa shape index (κ1) is 172. The maximum absolute atomic E-state index is 11.2. The molecule has 0 aliphatic heterocycles. The van der Waals surface area contributed by atoms with Gasteiger partial charge >= 0.3 is 5.97 Å². The van der Waals surface area contributed by atoms with Crippen LogP contribution >= 0.6 is 36.2 Å². The number of Topliss-reactive ketones (excluding diaryl/α,β-unsaturated/α-hetero) is 1. The minimum Gasteiger partial charge on any atom is -0.570 e.